The number of alkyl halides is 1. The Morgan fingerprint density at radius 3 is 2.50 bits per heavy atom. The quantitative estimate of drug-likeness (QED) is 0.699. The molecule has 0 aliphatic carbocycles. The van der Waals surface area contributed by atoms with Crippen molar-refractivity contribution in [2.24, 2.45) is 0 Å². The van der Waals surface area contributed by atoms with Crippen LogP contribution in [0, 0.1) is 0 Å². The fourth-order valence-corrected chi connectivity index (χ4v) is 1.34. The summed E-state index contributed by atoms with van der Waals surface area (Å²) in [4.78, 5) is 11.5. The lowest BCUT2D eigenvalue weighted by Crippen LogP contribution is -2.41. The van der Waals surface area contributed by atoms with Crippen LogP contribution in [0.15, 0.2) is 0 Å². The maximum Gasteiger partial charge on any atom is 0.246 e. The van der Waals surface area contributed by atoms with Crippen LogP contribution in [0.3, 0.4) is 0 Å². The number of methoxy groups -OCH3 is 1. The van der Waals surface area contributed by atoms with Gasteiger partial charge >= 0.3 is 0 Å². The van der Waals surface area contributed by atoms with E-state index in [-0.39, 0.29) is 24.2 Å². The fourth-order valence-electron chi connectivity index (χ4n) is 1.08. The van der Waals surface area contributed by atoms with E-state index in [1.807, 2.05) is 20.8 Å². The molecule has 0 aromatic heterocycles. The first-order valence-electron chi connectivity index (χ1n) is 5.37. The number of hydrogen-bond donors (Lipinski definition) is 1. The minimum absolute atomic E-state index is 0.0430. The topological polar surface area (TPSA) is 47.6 Å². The van der Waals surface area contributed by atoms with Crippen molar-refractivity contribution in [2.75, 3.05) is 26.2 Å². The average Bonchev–Trinajstić information content (AvgIpc) is 2.14. The van der Waals surface area contributed by atoms with Crippen LogP contribution in [0.5, 0.6) is 0 Å². The monoisotopic (exact) mass is 251 g/mol. The number of carbonyl (C=O) groups is 1. The van der Waals surface area contributed by atoms with E-state index in [1.54, 1.807) is 7.11 Å². The van der Waals surface area contributed by atoms with E-state index in [9.17, 15) is 4.79 Å². The van der Waals surface area contributed by atoms with E-state index < -0.39 is 0 Å². The van der Waals surface area contributed by atoms with Crippen molar-refractivity contribution in [2.45, 2.75) is 38.8 Å². The van der Waals surface area contributed by atoms with Gasteiger partial charge in [-0.05, 0) is 27.2 Å². The molecule has 1 N–H and O–H groups in total. The molecule has 16 heavy (non-hydrogen) atoms. The van der Waals surface area contributed by atoms with Crippen molar-refractivity contribution in [3.8, 4) is 0 Å². The molecule has 5 heteroatoms. The Morgan fingerprint density at radius 2 is 2.06 bits per heavy atom. The van der Waals surface area contributed by atoms with Crippen molar-refractivity contribution >= 4 is 17.5 Å². The normalized spacial score (nSPS) is 13.6. The predicted octanol–water partition coefficient (Wildman–Crippen LogP) is 1.56. The molecule has 0 aliphatic rings. The van der Waals surface area contributed by atoms with Crippen molar-refractivity contribution in [3.05, 3.63) is 0 Å². The van der Waals surface area contributed by atoms with Crippen LogP contribution >= 0.6 is 11.6 Å². The van der Waals surface area contributed by atoms with E-state index in [0.717, 1.165) is 0 Å². The van der Waals surface area contributed by atoms with Gasteiger partial charge in [-0.25, -0.2) is 0 Å². The first-order valence-corrected chi connectivity index (χ1v) is 5.90. The Balaban J connectivity index is 3.90. The summed E-state index contributed by atoms with van der Waals surface area (Å²) in [6.07, 6.45) is 0.691. The van der Waals surface area contributed by atoms with Gasteiger partial charge in [-0.2, -0.15) is 0 Å². The maximum absolute atomic E-state index is 11.5. The van der Waals surface area contributed by atoms with Crippen molar-refractivity contribution < 1.29 is 14.3 Å². The second-order valence-electron chi connectivity index (χ2n) is 4.60. The van der Waals surface area contributed by atoms with Crippen LogP contribution < -0.4 is 5.32 Å². The maximum atomic E-state index is 11.5. The predicted molar refractivity (Wildman–Crippen MR) is 64.8 cm³/mol. The summed E-state index contributed by atoms with van der Waals surface area (Å²) in [6, 6.07) is -0.0430. The SMILES string of the molecule is COCC(CCCl)NC(=O)COC(C)(C)C. The molecule has 1 atom stereocenters. The summed E-state index contributed by atoms with van der Waals surface area (Å²) < 4.78 is 10.4. The van der Waals surface area contributed by atoms with Gasteiger partial charge in [0.1, 0.15) is 6.61 Å². The van der Waals surface area contributed by atoms with E-state index in [1.165, 1.54) is 0 Å². The lowest BCUT2D eigenvalue weighted by molar-refractivity contribution is -0.131. The zero-order chi connectivity index (χ0) is 12.6. The van der Waals surface area contributed by atoms with Gasteiger partial charge in [0.15, 0.2) is 0 Å². The van der Waals surface area contributed by atoms with E-state index in [0.29, 0.717) is 18.9 Å². The van der Waals surface area contributed by atoms with Crippen LogP contribution in [0.1, 0.15) is 27.2 Å². The Morgan fingerprint density at radius 1 is 1.44 bits per heavy atom. The highest BCUT2D eigenvalue weighted by molar-refractivity contribution is 6.17. The largest absolute Gasteiger partial charge is 0.383 e. The molecule has 0 saturated heterocycles. The smallest absolute Gasteiger partial charge is 0.246 e. The third-order valence-corrected chi connectivity index (χ3v) is 2.05. The Labute approximate surface area is 103 Å². The van der Waals surface area contributed by atoms with Gasteiger partial charge in [0, 0.05) is 13.0 Å². The zero-order valence-corrected chi connectivity index (χ0v) is 11.3. The molecule has 4 nitrogen and oxygen atoms in total. The second-order valence-corrected chi connectivity index (χ2v) is 4.98. The molecule has 96 valence electrons. The van der Waals surface area contributed by atoms with Gasteiger partial charge in [0.25, 0.3) is 0 Å². The summed E-state index contributed by atoms with van der Waals surface area (Å²) in [7, 11) is 1.60. The van der Waals surface area contributed by atoms with Crippen LogP contribution in [0.4, 0.5) is 0 Å². The molecule has 1 amide bonds. The summed E-state index contributed by atoms with van der Waals surface area (Å²) in [5.74, 6) is 0.358. The zero-order valence-electron chi connectivity index (χ0n) is 10.5. The lowest BCUT2D eigenvalue weighted by atomic mass is 10.2. The summed E-state index contributed by atoms with van der Waals surface area (Å²) >= 11 is 5.63. The van der Waals surface area contributed by atoms with Crippen molar-refractivity contribution in [1.29, 1.82) is 0 Å². The van der Waals surface area contributed by atoms with Gasteiger partial charge in [-0.1, -0.05) is 0 Å². The van der Waals surface area contributed by atoms with E-state index in [2.05, 4.69) is 5.32 Å². The molecule has 1 unspecified atom stereocenters. The van der Waals surface area contributed by atoms with Crippen LogP contribution in [-0.4, -0.2) is 43.8 Å². The van der Waals surface area contributed by atoms with Crippen LogP contribution in [-0.2, 0) is 14.3 Å². The Bertz CT molecular complexity index is 198. The Hall–Kier alpha value is -0.320. The third kappa shape index (κ3) is 8.95. The van der Waals surface area contributed by atoms with Crippen LogP contribution in [0.25, 0.3) is 0 Å². The molecule has 0 rings (SSSR count). The molecule has 0 radical (unpaired) electrons. The number of ether oxygens (including phenoxy) is 2. The number of carbonyl (C=O) groups excluding carboxylic acids is 1. The Kier molecular flexibility index (Phi) is 7.72. The van der Waals surface area contributed by atoms with Gasteiger partial charge in [0.05, 0.1) is 18.2 Å². The third-order valence-electron chi connectivity index (χ3n) is 1.83. The number of rotatable bonds is 7. The summed E-state index contributed by atoms with van der Waals surface area (Å²) in [5, 5.41) is 2.82. The van der Waals surface area contributed by atoms with Gasteiger partial charge in [-0.3, -0.25) is 4.79 Å². The highest BCUT2D eigenvalue weighted by Gasteiger charge is 2.15. The lowest BCUT2D eigenvalue weighted by Gasteiger charge is -2.21. The van der Waals surface area contributed by atoms with Crippen molar-refractivity contribution in [3.63, 3.8) is 0 Å². The molecule has 0 heterocycles. The molecule has 0 aliphatic heterocycles. The molecule has 0 bridgehead atoms. The van der Waals surface area contributed by atoms with Gasteiger partial charge in [0.2, 0.25) is 5.91 Å². The molecule has 0 spiro atoms. The molecule has 0 aromatic carbocycles. The minimum Gasteiger partial charge on any atom is -0.383 e. The molecule has 0 fully saturated rings. The highest BCUT2D eigenvalue weighted by Crippen LogP contribution is 2.05. The standard InChI is InChI=1S/C11H22ClNO3/c1-11(2,3)16-8-10(14)13-9(5-6-12)7-15-4/h9H,5-8H2,1-4H3,(H,13,14). The number of hydrogen-bond acceptors (Lipinski definition) is 3. The van der Waals surface area contributed by atoms with Crippen LogP contribution in [0.2, 0.25) is 0 Å². The molecular formula is C11H22ClNO3. The fraction of sp³-hybridized carbons (Fsp3) is 0.909. The summed E-state index contributed by atoms with van der Waals surface area (Å²) in [6.45, 7) is 6.25. The first-order chi connectivity index (χ1) is 7.39. The van der Waals surface area contributed by atoms with Gasteiger partial charge in [-0.15, -0.1) is 11.6 Å². The highest BCUT2D eigenvalue weighted by atomic mass is 35.5. The minimum atomic E-state index is -0.305. The number of halogens is 1. The van der Waals surface area contributed by atoms with E-state index >= 15 is 0 Å². The molecule has 0 saturated carbocycles. The summed E-state index contributed by atoms with van der Waals surface area (Å²) in [5.41, 5.74) is -0.305. The number of nitrogens with one attached hydrogen (secondary N) is 1. The van der Waals surface area contributed by atoms with E-state index in [4.69, 9.17) is 21.1 Å². The molecular weight excluding hydrogens is 230 g/mol. The average molecular weight is 252 g/mol. The van der Waals surface area contributed by atoms with Gasteiger partial charge < -0.3 is 14.8 Å². The second kappa shape index (κ2) is 7.87. The van der Waals surface area contributed by atoms with Crippen molar-refractivity contribution in [1.82, 2.24) is 5.32 Å². The molecule has 0 aromatic rings. The first kappa shape index (κ1) is 15.7. The number of amides is 1.